The zero-order valence-corrected chi connectivity index (χ0v) is 9.83. The summed E-state index contributed by atoms with van der Waals surface area (Å²) in [6, 6.07) is 0. The number of aromatic nitrogens is 3. The number of hydrogen-bond acceptors (Lipinski definition) is 3. The van der Waals surface area contributed by atoms with Crippen LogP contribution in [0.1, 0.15) is 57.0 Å². The smallest absolute Gasteiger partial charge is 0.196 e. The van der Waals surface area contributed by atoms with Crippen LogP contribution in [0, 0.1) is 0 Å². The van der Waals surface area contributed by atoms with Crippen molar-refractivity contribution < 1.29 is 4.79 Å². The predicted molar refractivity (Wildman–Crippen MR) is 56.4 cm³/mol. The largest absolute Gasteiger partial charge is 0.291 e. The highest BCUT2D eigenvalue weighted by molar-refractivity contribution is 5.90. The van der Waals surface area contributed by atoms with Gasteiger partial charge in [0.05, 0.1) is 0 Å². The summed E-state index contributed by atoms with van der Waals surface area (Å²) in [4.78, 5) is 15.1. The van der Waals surface area contributed by atoms with Gasteiger partial charge in [-0.15, -0.1) is 0 Å². The lowest BCUT2D eigenvalue weighted by atomic mass is 10.2. The molecule has 14 heavy (non-hydrogen) atoms. The Morgan fingerprint density at radius 1 is 1.36 bits per heavy atom. The molecule has 1 rings (SSSR count). The fourth-order valence-electron chi connectivity index (χ4n) is 0.955. The molecule has 0 aromatic carbocycles. The predicted octanol–water partition coefficient (Wildman–Crippen LogP) is 2.17. The molecule has 1 heterocycles. The Morgan fingerprint density at radius 2 is 1.86 bits per heavy atom. The van der Waals surface area contributed by atoms with Gasteiger partial charge in [0.25, 0.3) is 0 Å². The van der Waals surface area contributed by atoms with Crippen LogP contribution >= 0.6 is 0 Å². The summed E-state index contributed by atoms with van der Waals surface area (Å²) < 4.78 is 1.53. The SMILES string of the molecule is CC.CC(=O)c1nc(C(C)C)nn1C. The molecular formula is C10H19N3O. The van der Waals surface area contributed by atoms with Gasteiger partial charge in [0.1, 0.15) is 0 Å². The highest BCUT2D eigenvalue weighted by atomic mass is 16.1. The fourth-order valence-corrected chi connectivity index (χ4v) is 0.955. The summed E-state index contributed by atoms with van der Waals surface area (Å²) in [7, 11) is 1.73. The number of aryl methyl sites for hydroxylation is 1. The van der Waals surface area contributed by atoms with Gasteiger partial charge in [-0.1, -0.05) is 27.7 Å². The van der Waals surface area contributed by atoms with Gasteiger partial charge in [-0.25, -0.2) is 9.67 Å². The van der Waals surface area contributed by atoms with E-state index < -0.39 is 0 Å². The zero-order valence-electron chi connectivity index (χ0n) is 9.83. The van der Waals surface area contributed by atoms with Crippen molar-refractivity contribution >= 4 is 5.78 Å². The molecule has 4 heteroatoms. The van der Waals surface area contributed by atoms with Crippen LogP contribution in [0.15, 0.2) is 0 Å². The average Bonchev–Trinajstić information content (AvgIpc) is 2.51. The number of Topliss-reactive ketones (excluding diaryl/α,β-unsaturated/α-hetero) is 1. The first-order valence-corrected chi connectivity index (χ1v) is 4.94. The summed E-state index contributed by atoms with van der Waals surface area (Å²) >= 11 is 0. The summed E-state index contributed by atoms with van der Waals surface area (Å²) in [6.45, 7) is 9.49. The van der Waals surface area contributed by atoms with Gasteiger partial charge in [-0.2, -0.15) is 5.10 Å². The summed E-state index contributed by atoms with van der Waals surface area (Å²) in [5.41, 5.74) is 0. The highest BCUT2D eigenvalue weighted by Crippen LogP contribution is 2.09. The average molecular weight is 197 g/mol. The Balaban J connectivity index is 0.000000791. The van der Waals surface area contributed by atoms with E-state index in [0.717, 1.165) is 5.82 Å². The molecular weight excluding hydrogens is 178 g/mol. The van der Waals surface area contributed by atoms with E-state index in [1.807, 2.05) is 27.7 Å². The first-order chi connectivity index (χ1) is 6.52. The van der Waals surface area contributed by atoms with Crippen molar-refractivity contribution in [3.05, 3.63) is 11.6 Å². The minimum absolute atomic E-state index is 0.0445. The van der Waals surface area contributed by atoms with Crippen molar-refractivity contribution in [2.75, 3.05) is 0 Å². The first kappa shape index (κ1) is 12.8. The van der Waals surface area contributed by atoms with E-state index in [0.29, 0.717) is 5.82 Å². The van der Waals surface area contributed by atoms with Crippen LogP contribution < -0.4 is 0 Å². The molecule has 1 aromatic rings. The Morgan fingerprint density at radius 3 is 2.07 bits per heavy atom. The maximum absolute atomic E-state index is 11.0. The van der Waals surface area contributed by atoms with Crippen molar-refractivity contribution in [3.63, 3.8) is 0 Å². The summed E-state index contributed by atoms with van der Waals surface area (Å²) in [5.74, 6) is 1.38. The molecule has 0 saturated carbocycles. The molecule has 0 aliphatic heterocycles. The molecule has 0 aliphatic carbocycles. The van der Waals surface area contributed by atoms with Gasteiger partial charge in [-0.3, -0.25) is 4.79 Å². The number of carbonyl (C=O) groups excluding carboxylic acids is 1. The van der Waals surface area contributed by atoms with Gasteiger partial charge in [0, 0.05) is 19.9 Å². The van der Waals surface area contributed by atoms with Crippen LogP contribution in [0.2, 0.25) is 0 Å². The third-order valence-corrected chi connectivity index (χ3v) is 1.61. The Bertz CT molecular complexity index is 302. The number of rotatable bonds is 2. The molecule has 0 fully saturated rings. The van der Waals surface area contributed by atoms with Crippen LogP contribution in [0.4, 0.5) is 0 Å². The lowest BCUT2D eigenvalue weighted by Gasteiger charge is -1.93. The standard InChI is InChI=1S/C8H13N3O.C2H6/c1-5(2)7-9-8(6(3)12)11(4)10-7;1-2/h5H,1-4H3;1-2H3. The van der Waals surface area contributed by atoms with Crippen LogP contribution in [0.25, 0.3) is 0 Å². The molecule has 1 aromatic heterocycles. The molecule has 80 valence electrons. The molecule has 4 nitrogen and oxygen atoms in total. The third kappa shape index (κ3) is 2.94. The number of ketones is 1. The Hall–Kier alpha value is -1.19. The number of nitrogens with zero attached hydrogens (tertiary/aromatic N) is 3. The molecule has 0 bridgehead atoms. The van der Waals surface area contributed by atoms with E-state index in [1.165, 1.54) is 11.6 Å². The van der Waals surface area contributed by atoms with Crippen LogP contribution in [-0.4, -0.2) is 20.5 Å². The number of carbonyl (C=O) groups is 1. The van der Waals surface area contributed by atoms with Crippen molar-refractivity contribution in [3.8, 4) is 0 Å². The van der Waals surface area contributed by atoms with Gasteiger partial charge in [-0.05, 0) is 0 Å². The van der Waals surface area contributed by atoms with E-state index in [1.54, 1.807) is 7.05 Å². The Kier molecular flexibility index (Phi) is 5.05. The topological polar surface area (TPSA) is 47.8 Å². The first-order valence-electron chi connectivity index (χ1n) is 4.94. The van der Waals surface area contributed by atoms with Gasteiger partial charge < -0.3 is 0 Å². The lowest BCUT2D eigenvalue weighted by Crippen LogP contribution is -2.03. The van der Waals surface area contributed by atoms with Crippen molar-refractivity contribution in [1.82, 2.24) is 14.8 Å². The van der Waals surface area contributed by atoms with Crippen molar-refractivity contribution in [2.24, 2.45) is 7.05 Å². The van der Waals surface area contributed by atoms with Gasteiger partial charge in [0.2, 0.25) is 0 Å². The van der Waals surface area contributed by atoms with E-state index in [-0.39, 0.29) is 11.7 Å². The highest BCUT2D eigenvalue weighted by Gasteiger charge is 2.12. The third-order valence-electron chi connectivity index (χ3n) is 1.61. The second-order valence-electron chi connectivity index (χ2n) is 3.13. The second-order valence-corrected chi connectivity index (χ2v) is 3.13. The zero-order chi connectivity index (χ0) is 11.3. The normalized spacial score (nSPS) is 9.64. The second kappa shape index (κ2) is 5.52. The van der Waals surface area contributed by atoms with Crippen molar-refractivity contribution in [2.45, 2.75) is 40.5 Å². The minimum Gasteiger partial charge on any atom is -0.291 e. The lowest BCUT2D eigenvalue weighted by molar-refractivity contribution is 0.0999. The van der Waals surface area contributed by atoms with E-state index in [2.05, 4.69) is 10.1 Å². The van der Waals surface area contributed by atoms with Crippen molar-refractivity contribution in [1.29, 1.82) is 0 Å². The molecule has 0 atom stereocenters. The summed E-state index contributed by atoms with van der Waals surface area (Å²) in [6.07, 6.45) is 0. The number of hydrogen-bond donors (Lipinski definition) is 0. The molecule has 0 aliphatic rings. The van der Waals surface area contributed by atoms with Gasteiger partial charge >= 0.3 is 0 Å². The van der Waals surface area contributed by atoms with E-state index >= 15 is 0 Å². The Labute approximate surface area is 85.3 Å². The van der Waals surface area contributed by atoms with Crippen LogP contribution in [0.3, 0.4) is 0 Å². The monoisotopic (exact) mass is 197 g/mol. The molecule has 0 saturated heterocycles. The van der Waals surface area contributed by atoms with Gasteiger partial charge in [0.15, 0.2) is 17.4 Å². The maximum Gasteiger partial charge on any atom is 0.196 e. The molecule has 0 N–H and O–H groups in total. The summed E-state index contributed by atoms with van der Waals surface area (Å²) in [5, 5.41) is 4.12. The molecule has 0 amide bonds. The van der Waals surface area contributed by atoms with Crippen LogP contribution in [0.5, 0.6) is 0 Å². The minimum atomic E-state index is -0.0445. The van der Waals surface area contributed by atoms with Crippen LogP contribution in [-0.2, 0) is 7.05 Å². The molecule has 0 spiro atoms. The fraction of sp³-hybridized carbons (Fsp3) is 0.700. The molecule has 0 radical (unpaired) electrons. The quantitative estimate of drug-likeness (QED) is 0.683. The molecule has 0 unspecified atom stereocenters. The van der Waals surface area contributed by atoms with E-state index in [9.17, 15) is 4.79 Å². The maximum atomic E-state index is 11.0. The van der Waals surface area contributed by atoms with E-state index in [4.69, 9.17) is 0 Å².